The zero-order valence-corrected chi connectivity index (χ0v) is 14.3. The quantitative estimate of drug-likeness (QED) is 0.852. The second-order valence-corrected chi connectivity index (χ2v) is 6.64. The van der Waals surface area contributed by atoms with E-state index in [1.54, 1.807) is 12.1 Å². The average Bonchev–Trinajstić information content (AvgIpc) is 2.93. The smallest absolute Gasteiger partial charge is 0.140 e. The number of carbonyl (C=O) groups excluding carboxylic acids is 1. The molecule has 0 unspecified atom stereocenters. The van der Waals surface area contributed by atoms with Crippen LogP contribution in [-0.2, 0) is 11.2 Å². The number of ketones is 1. The Hall–Kier alpha value is -2.00. The predicted molar refractivity (Wildman–Crippen MR) is 94.5 cm³/mol. The molecular weight excluding hydrogens is 301 g/mol. The highest BCUT2D eigenvalue weighted by Gasteiger charge is 2.33. The second-order valence-electron chi connectivity index (χ2n) is 6.64. The number of hydrogen-bond acceptors (Lipinski definition) is 2. The van der Waals surface area contributed by atoms with E-state index in [4.69, 9.17) is 0 Å². The Labute approximate surface area is 143 Å². The molecule has 1 N–H and O–H groups in total. The summed E-state index contributed by atoms with van der Waals surface area (Å²) >= 11 is 0. The van der Waals surface area contributed by atoms with E-state index in [-0.39, 0.29) is 29.5 Å². The van der Waals surface area contributed by atoms with E-state index < -0.39 is 0 Å². The normalized spacial score (nSPS) is 20.6. The summed E-state index contributed by atoms with van der Waals surface area (Å²) in [6.45, 7) is 4.90. The average molecular weight is 325 g/mol. The molecule has 0 aromatic heterocycles. The molecule has 1 aliphatic carbocycles. The summed E-state index contributed by atoms with van der Waals surface area (Å²) in [5.41, 5.74) is 3.55. The van der Waals surface area contributed by atoms with Gasteiger partial charge in [-0.05, 0) is 47.7 Å². The molecule has 2 aromatic rings. The summed E-state index contributed by atoms with van der Waals surface area (Å²) in [4.78, 5) is 12.8. The first-order valence-electron chi connectivity index (χ1n) is 8.69. The maximum atomic E-state index is 13.1. The second kappa shape index (κ2) is 7.27. The van der Waals surface area contributed by atoms with Crippen LogP contribution in [0.5, 0.6) is 0 Å². The van der Waals surface area contributed by atoms with Crippen molar-refractivity contribution in [3.05, 3.63) is 71.0 Å². The largest absolute Gasteiger partial charge is 0.310 e. The first-order valence-corrected chi connectivity index (χ1v) is 8.69. The van der Waals surface area contributed by atoms with Gasteiger partial charge in [0.15, 0.2) is 0 Å². The fourth-order valence-electron chi connectivity index (χ4n) is 3.74. The minimum atomic E-state index is -0.267. The van der Waals surface area contributed by atoms with Crippen molar-refractivity contribution in [1.29, 1.82) is 0 Å². The molecule has 0 fully saturated rings. The van der Waals surface area contributed by atoms with Crippen LogP contribution in [0, 0.1) is 11.7 Å². The van der Waals surface area contributed by atoms with E-state index in [9.17, 15) is 9.18 Å². The lowest BCUT2D eigenvalue weighted by Gasteiger charge is -2.22. The zero-order chi connectivity index (χ0) is 17.1. The van der Waals surface area contributed by atoms with Crippen LogP contribution in [0.4, 0.5) is 4.39 Å². The topological polar surface area (TPSA) is 29.1 Å². The van der Waals surface area contributed by atoms with Crippen molar-refractivity contribution in [3.63, 3.8) is 0 Å². The van der Waals surface area contributed by atoms with Crippen molar-refractivity contribution in [1.82, 2.24) is 5.32 Å². The number of hydrogen-bond donors (Lipinski definition) is 1. The van der Waals surface area contributed by atoms with Gasteiger partial charge < -0.3 is 5.32 Å². The van der Waals surface area contributed by atoms with E-state index in [1.165, 1.54) is 23.3 Å². The molecule has 0 amide bonds. The monoisotopic (exact) mass is 325 g/mol. The Morgan fingerprint density at radius 2 is 1.92 bits per heavy atom. The number of halogens is 1. The molecule has 24 heavy (non-hydrogen) atoms. The maximum absolute atomic E-state index is 13.1. The van der Waals surface area contributed by atoms with Crippen LogP contribution in [-0.4, -0.2) is 12.3 Å². The van der Waals surface area contributed by atoms with Gasteiger partial charge in [-0.3, -0.25) is 4.79 Å². The standard InChI is InChI=1S/C21H24FNO/c1-3-23-21-17(12-16-6-4-5-7-19(16)21)13-20(24)14(2)15-8-10-18(22)11-9-15/h4-11,14,17,21,23H,3,12-13H2,1-2H3/t14-,17+,21+/m0/s1. The third-order valence-electron chi connectivity index (χ3n) is 5.08. The highest BCUT2D eigenvalue weighted by atomic mass is 19.1. The van der Waals surface area contributed by atoms with Gasteiger partial charge in [-0.25, -0.2) is 4.39 Å². The van der Waals surface area contributed by atoms with Crippen molar-refractivity contribution in [2.75, 3.05) is 6.54 Å². The molecular formula is C21H24FNO. The van der Waals surface area contributed by atoms with E-state index in [1.807, 2.05) is 6.92 Å². The molecule has 3 heteroatoms. The summed E-state index contributed by atoms with van der Waals surface area (Å²) in [7, 11) is 0. The third-order valence-corrected chi connectivity index (χ3v) is 5.08. The highest BCUT2D eigenvalue weighted by Crippen LogP contribution is 2.39. The third kappa shape index (κ3) is 3.41. The van der Waals surface area contributed by atoms with Crippen molar-refractivity contribution in [2.45, 2.75) is 38.6 Å². The molecule has 0 saturated heterocycles. The van der Waals surface area contributed by atoms with Crippen LogP contribution in [0.25, 0.3) is 0 Å². The van der Waals surface area contributed by atoms with Crippen LogP contribution in [0.3, 0.4) is 0 Å². The highest BCUT2D eigenvalue weighted by molar-refractivity contribution is 5.85. The van der Waals surface area contributed by atoms with Gasteiger partial charge in [0.2, 0.25) is 0 Å². The van der Waals surface area contributed by atoms with Crippen LogP contribution in [0.1, 0.15) is 48.9 Å². The van der Waals surface area contributed by atoms with Crippen molar-refractivity contribution >= 4 is 5.78 Å². The predicted octanol–water partition coefficient (Wildman–Crippen LogP) is 4.41. The fraction of sp³-hybridized carbons (Fsp3) is 0.381. The van der Waals surface area contributed by atoms with E-state index in [0.717, 1.165) is 18.5 Å². The van der Waals surface area contributed by atoms with E-state index >= 15 is 0 Å². The molecule has 0 aliphatic heterocycles. The number of benzene rings is 2. The van der Waals surface area contributed by atoms with Gasteiger partial charge in [-0.15, -0.1) is 0 Å². The van der Waals surface area contributed by atoms with Gasteiger partial charge >= 0.3 is 0 Å². The minimum Gasteiger partial charge on any atom is -0.310 e. The lowest BCUT2D eigenvalue weighted by Crippen LogP contribution is -2.27. The Balaban J connectivity index is 1.73. The fourth-order valence-corrected chi connectivity index (χ4v) is 3.74. The Morgan fingerprint density at radius 3 is 2.62 bits per heavy atom. The van der Waals surface area contributed by atoms with Crippen LogP contribution < -0.4 is 5.32 Å². The molecule has 3 rings (SSSR count). The molecule has 0 radical (unpaired) electrons. The van der Waals surface area contributed by atoms with Crippen LogP contribution in [0.15, 0.2) is 48.5 Å². The Kier molecular flexibility index (Phi) is 5.10. The summed E-state index contributed by atoms with van der Waals surface area (Å²) in [5.74, 6) is 0.0495. The molecule has 126 valence electrons. The summed E-state index contributed by atoms with van der Waals surface area (Å²) < 4.78 is 13.1. The molecule has 3 atom stereocenters. The SMILES string of the molecule is CCN[C@H]1c2ccccc2C[C@@H]1CC(=O)[C@@H](C)c1ccc(F)cc1. The number of fused-ring (bicyclic) bond motifs is 1. The number of carbonyl (C=O) groups is 1. The lowest BCUT2D eigenvalue weighted by molar-refractivity contribution is -0.121. The van der Waals surface area contributed by atoms with Crippen molar-refractivity contribution in [2.24, 2.45) is 5.92 Å². The first kappa shape index (κ1) is 16.8. The van der Waals surface area contributed by atoms with Gasteiger partial charge in [0.05, 0.1) is 0 Å². The van der Waals surface area contributed by atoms with Crippen molar-refractivity contribution < 1.29 is 9.18 Å². The zero-order valence-electron chi connectivity index (χ0n) is 14.3. The summed E-state index contributed by atoms with van der Waals surface area (Å²) in [6.07, 6.45) is 1.49. The Bertz CT molecular complexity index is 710. The Morgan fingerprint density at radius 1 is 1.21 bits per heavy atom. The molecule has 1 aliphatic rings. The molecule has 0 heterocycles. The van der Waals surface area contributed by atoms with Gasteiger partial charge in [0.25, 0.3) is 0 Å². The van der Waals surface area contributed by atoms with Crippen LogP contribution >= 0.6 is 0 Å². The summed E-state index contributed by atoms with van der Waals surface area (Å²) in [6, 6.07) is 15.0. The van der Waals surface area contributed by atoms with Gasteiger partial charge in [-0.1, -0.05) is 50.2 Å². The van der Waals surface area contributed by atoms with Gasteiger partial charge in [0, 0.05) is 18.4 Å². The lowest BCUT2D eigenvalue weighted by atomic mass is 9.87. The summed E-state index contributed by atoms with van der Waals surface area (Å²) in [5, 5.41) is 3.54. The molecule has 0 saturated carbocycles. The molecule has 0 spiro atoms. The van der Waals surface area contributed by atoms with Crippen LogP contribution in [0.2, 0.25) is 0 Å². The van der Waals surface area contributed by atoms with Gasteiger partial charge in [0.1, 0.15) is 11.6 Å². The minimum absolute atomic E-state index is 0.198. The van der Waals surface area contributed by atoms with Gasteiger partial charge in [-0.2, -0.15) is 0 Å². The first-order chi connectivity index (χ1) is 11.6. The maximum Gasteiger partial charge on any atom is 0.140 e. The molecule has 2 aromatic carbocycles. The van der Waals surface area contributed by atoms with Crippen molar-refractivity contribution in [3.8, 4) is 0 Å². The molecule has 0 bridgehead atoms. The van der Waals surface area contributed by atoms with E-state index in [2.05, 4.69) is 36.5 Å². The number of rotatable bonds is 6. The number of nitrogens with one attached hydrogen (secondary N) is 1. The number of Topliss-reactive ketones (excluding diaryl/α,β-unsaturated/α-hetero) is 1. The molecule has 2 nitrogen and oxygen atoms in total. The van der Waals surface area contributed by atoms with E-state index in [0.29, 0.717) is 6.42 Å².